The van der Waals surface area contributed by atoms with Gasteiger partial charge >= 0.3 is 0 Å². The van der Waals surface area contributed by atoms with Crippen LogP contribution >= 0.6 is 0 Å². The maximum absolute atomic E-state index is 9.84. The Balaban J connectivity index is 1.96. The topological polar surface area (TPSA) is 32.7 Å². The summed E-state index contributed by atoms with van der Waals surface area (Å²) in [7, 11) is 0. The number of benzene rings is 1. The third kappa shape index (κ3) is 3.97. The molecule has 0 saturated carbocycles. The lowest BCUT2D eigenvalue weighted by Crippen LogP contribution is -2.39. The van der Waals surface area contributed by atoms with E-state index in [-0.39, 0.29) is 6.10 Å². The Kier molecular flexibility index (Phi) is 5.86. The Morgan fingerprint density at radius 3 is 2.70 bits per heavy atom. The Morgan fingerprint density at radius 1 is 1.30 bits per heavy atom. The molecule has 20 heavy (non-hydrogen) atoms. The SMILES string of the molecule is CCCOC1CCCN(c2ccc([C@@H](O)CC)cc2)C1. The van der Waals surface area contributed by atoms with Crippen LogP contribution in [0, 0.1) is 0 Å². The molecule has 0 bridgehead atoms. The van der Waals surface area contributed by atoms with Gasteiger partial charge in [-0.25, -0.2) is 0 Å². The molecular weight excluding hydrogens is 250 g/mol. The molecule has 1 heterocycles. The van der Waals surface area contributed by atoms with Gasteiger partial charge in [-0.3, -0.25) is 0 Å². The van der Waals surface area contributed by atoms with Crippen LogP contribution in [0.4, 0.5) is 5.69 Å². The van der Waals surface area contributed by atoms with Crippen molar-refractivity contribution in [2.75, 3.05) is 24.6 Å². The molecule has 3 nitrogen and oxygen atoms in total. The highest BCUT2D eigenvalue weighted by Gasteiger charge is 2.20. The summed E-state index contributed by atoms with van der Waals surface area (Å²) in [5, 5.41) is 9.84. The second-order valence-electron chi connectivity index (χ2n) is 5.60. The van der Waals surface area contributed by atoms with Gasteiger partial charge in [-0.05, 0) is 43.4 Å². The highest BCUT2D eigenvalue weighted by atomic mass is 16.5. The quantitative estimate of drug-likeness (QED) is 0.863. The van der Waals surface area contributed by atoms with E-state index in [1.54, 1.807) is 0 Å². The van der Waals surface area contributed by atoms with E-state index < -0.39 is 0 Å². The lowest BCUT2D eigenvalue weighted by Gasteiger charge is -2.34. The van der Waals surface area contributed by atoms with Crippen molar-refractivity contribution >= 4 is 5.69 Å². The van der Waals surface area contributed by atoms with E-state index in [0.717, 1.165) is 38.1 Å². The lowest BCUT2D eigenvalue weighted by molar-refractivity contribution is 0.0440. The predicted octanol–water partition coefficient (Wildman–Crippen LogP) is 3.53. The molecule has 3 heteroatoms. The van der Waals surface area contributed by atoms with Gasteiger partial charge in [-0.1, -0.05) is 26.0 Å². The van der Waals surface area contributed by atoms with E-state index in [2.05, 4.69) is 24.0 Å². The maximum atomic E-state index is 9.84. The first-order chi connectivity index (χ1) is 9.74. The normalized spacial score (nSPS) is 20.9. The minimum Gasteiger partial charge on any atom is -0.388 e. The molecule has 2 rings (SSSR count). The van der Waals surface area contributed by atoms with Crippen molar-refractivity contribution in [2.24, 2.45) is 0 Å². The van der Waals surface area contributed by atoms with Gasteiger partial charge < -0.3 is 14.7 Å². The van der Waals surface area contributed by atoms with Gasteiger partial charge in [-0.15, -0.1) is 0 Å². The number of hydrogen-bond acceptors (Lipinski definition) is 3. The van der Waals surface area contributed by atoms with Crippen LogP contribution in [0.3, 0.4) is 0 Å². The van der Waals surface area contributed by atoms with Crippen LogP contribution in [-0.4, -0.2) is 30.9 Å². The fourth-order valence-electron chi connectivity index (χ4n) is 2.74. The molecule has 0 radical (unpaired) electrons. The second-order valence-corrected chi connectivity index (χ2v) is 5.60. The first-order valence-electron chi connectivity index (χ1n) is 7.89. The molecule has 2 atom stereocenters. The molecule has 0 aromatic heterocycles. The molecule has 0 amide bonds. The van der Waals surface area contributed by atoms with Gasteiger partial charge in [0.1, 0.15) is 0 Å². The molecule has 1 N–H and O–H groups in total. The molecule has 0 spiro atoms. The number of hydrogen-bond donors (Lipinski definition) is 1. The minimum absolute atomic E-state index is 0.342. The van der Waals surface area contributed by atoms with Crippen molar-refractivity contribution in [1.82, 2.24) is 0 Å². The third-order valence-electron chi connectivity index (χ3n) is 3.97. The Hall–Kier alpha value is -1.06. The van der Waals surface area contributed by atoms with Gasteiger partial charge in [0.25, 0.3) is 0 Å². The largest absolute Gasteiger partial charge is 0.388 e. The van der Waals surface area contributed by atoms with Crippen molar-refractivity contribution < 1.29 is 9.84 Å². The number of nitrogens with zero attached hydrogens (tertiary/aromatic N) is 1. The van der Waals surface area contributed by atoms with Crippen molar-refractivity contribution in [2.45, 2.75) is 51.7 Å². The van der Waals surface area contributed by atoms with Gasteiger partial charge in [0.05, 0.1) is 12.2 Å². The summed E-state index contributed by atoms with van der Waals surface area (Å²) in [4.78, 5) is 2.39. The van der Waals surface area contributed by atoms with Crippen molar-refractivity contribution in [3.05, 3.63) is 29.8 Å². The number of anilines is 1. The Morgan fingerprint density at radius 2 is 2.05 bits per heavy atom. The summed E-state index contributed by atoms with van der Waals surface area (Å²) in [6.45, 7) is 7.09. The zero-order valence-electron chi connectivity index (χ0n) is 12.7. The highest BCUT2D eigenvalue weighted by Crippen LogP contribution is 2.24. The first kappa shape index (κ1) is 15.3. The van der Waals surface area contributed by atoms with Crippen molar-refractivity contribution in [3.8, 4) is 0 Å². The smallest absolute Gasteiger partial charge is 0.0787 e. The summed E-state index contributed by atoms with van der Waals surface area (Å²) in [5.74, 6) is 0. The maximum Gasteiger partial charge on any atom is 0.0787 e. The molecule has 1 fully saturated rings. The summed E-state index contributed by atoms with van der Waals surface area (Å²) >= 11 is 0. The van der Waals surface area contributed by atoms with E-state index in [4.69, 9.17) is 4.74 Å². The lowest BCUT2D eigenvalue weighted by atomic mass is 10.0. The van der Waals surface area contributed by atoms with Gasteiger partial charge in [-0.2, -0.15) is 0 Å². The van der Waals surface area contributed by atoms with Crippen LogP contribution in [-0.2, 0) is 4.74 Å². The van der Waals surface area contributed by atoms with Crippen LogP contribution < -0.4 is 4.90 Å². The fraction of sp³-hybridized carbons (Fsp3) is 0.647. The molecule has 1 aliphatic rings. The number of aliphatic hydroxyl groups is 1. The van der Waals surface area contributed by atoms with Gasteiger partial charge in [0.15, 0.2) is 0 Å². The average molecular weight is 277 g/mol. The minimum atomic E-state index is -0.342. The van der Waals surface area contributed by atoms with Crippen LogP contribution in [0.2, 0.25) is 0 Å². The van der Waals surface area contributed by atoms with Crippen LogP contribution in [0.25, 0.3) is 0 Å². The zero-order valence-corrected chi connectivity index (χ0v) is 12.7. The zero-order chi connectivity index (χ0) is 14.4. The standard InChI is InChI=1S/C17H27NO2/c1-3-12-20-16-6-5-11-18(13-16)15-9-7-14(8-10-15)17(19)4-2/h7-10,16-17,19H,3-6,11-13H2,1-2H3/t16?,17-/m0/s1. The molecule has 112 valence electrons. The number of aliphatic hydroxyl groups excluding tert-OH is 1. The molecule has 1 unspecified atom stereocenters. The van der Waals surface area contributed by atoms with Crippen LogP contribution in [0.5, 0.6) is 0 Å². The van der Waals surface area contributed by atoms with Crippen molar-refractivity contribution in [3.63, 3.8) is 0 Å². The van der Waals surface area contributed by atoms with Crippen LogP contribution in [0.15, 0.2) is 24.3 Å². The van der Waals surface area contributed by atoms with E-state index in [1.807, 2.05) is 19.1 Å². The summed E-state index contributed by atoms with van der Waals surface area (Å²) in [5.41, 5.74) is 2.24. The second kappa shape index (κ2) is 7.65. The summed E-state index contributed by atoms with van der Waals surface area (Å²) < 4.78 is 5.88. The molecule has 1 aliphatic heterocycles. The van der Waals surface area contributed by atoms with E-state index in [1.165, 1.54) is 18.5 Å². The predicted molar refractivity (Wildman–Crippen MR) is 83.2 cm³/mol. The Bertz CT molecular complexity index is 390. The molecule has 1 aromatic rings. The van der Waals surface area contributed by atoms with Gasteiger partial charge in [0.2, 0.25) is 0 Å². The van der Waals surface area contributed by atoms with Crippen LogP contribution in [0.1, 0.15) is 51.2 Å². The molecule has 1 aromatic carbocycles. The number of piperidine rings is 1. The van der Waals surface area contributed by atoms with E-state index in [0.29, 0.717) is 6.10 Å². The summed E-state index contributed by atoms with van der Waals surface area (Å²) in [6, 6.07) is 8.33. The van der Waals surface area contributed by atoms with Gasteiger partial charge in [0, 0.05) is 25.4 Å². The van der Waals surface area contributed by atoms with E-state index in [9.17, 15) is 5.11 Å². The van der Waals surface area contributed by atoms with Crippen molar-refractivity contribution in [1.29, 1.82) is 0 Å². The highest BCUT2D eigenvalue weighted by molar-refractivity contribution is 5.48. The fourth-order valence-corrected chi connectivity index (χ4v) is 2.74. The Labute approximate surface area is 122 Å². The summed E-state index contributed by atoms with van der Waals surface area (Å²) in [6.07, 6.45) is 4.23. The first-order valence-corrected chi connectivity index (χ1v) is 7.89. The molecular formula is C17H27NO2. The number of ether oxygens (including phenoxy) is 1. The average Bonchev–Trinajstić information content (AvgIpc) is 2.52. The molecule has 1 saturated heterocycles. The number of rotatable bonds is 6. The third-order valence-corrected chi connectivity index (χ3v) is 3.97. The van der Waals surface area contributed by atoms with E-state index >= 15 is 0 Å². The molecule has 0 aliphatic carbocycles. The monoisotopic (exact) mass is 277 g/mol.